The van der Waals surface area contributed by atoms with E-state index >= 15 is 0 Å². The van der Waals surface area contributed by atoms with Crippen LogP contribution in [0.1, 0.15) is 28.9 Å². The molecule has 5 heteroatoms. The molecule has 1 aromatic carbocycles. The van der Waals surface area contributed by atoms with Crippen LogP contribution in [0.2, 0.25) is 0 Å². The average Bonchev–Trinajstić information content (AvgIpc) is 3.15. The molecular weight excluding hydrogens is 288 g/mol. The summed E-state index contributed by atoms with van der Waals surface area (Å²) in [6, 6.07) is 13.6. The molecule has 116 valence electrons. The summed E-state index contributed by atoms with van der Waals surface area (Å²) in [7, 11) is 1.81. The molecule has 0 spiro atoms. The maximum absolute atomic E-state index is 12.6. The molecule has 0 bridgehead atoms. The molecule has 5 nitrogen and oxygen atoms in total. The van der Waals surface area contributed by atoms with Crippen molar-refractivity contribution in [1.82, 2.24) is 19.4 Å². The SMILES string of the molecule is CC(c1ccccc1)N(C)C(=O)c1ccc(-n2ccnc2)nc1. The van der Waals surface area contributed by atoms with Gasteiger partial charge in [0.15, 0.2) is 0 Å². The molecule has 0 radical (unpaired) electrons. The number of benzene rings is 1. The summed E-state index contributed by atoms with van der Waals surface area (Å²) in [5, 5.41) is 0. The summed E-state index contributed by atoms with van der Waals surface area (Å²) in [5.41, 5.74) is 1.67. The van der Waals surface area contributed by atoms with Crippen LogP contribution in [0.15, 0.2) is 67.4 Å². The lowest BCUT2D eigenvalue weighted by atomic mass is 10.1. The molecule has 1 atom stereocenters. The van der Waals surface area contributed by atoms with Crippen molar-refractivity contribution in [2.45, 2.75) is 13.0 Å². The Hall–Kier alpha value is -2.95. The van der Waals surface area contributed by atoms with E-state index in [1.54, 1.807) is 34.3 Å². The molecule has 3 aromatic rings. The minimum Gasteiger partial charge on any atom is -0.335 e. The summed E-state index contributed by atoms with van der Waals surface area (Å²) >= 11 is 0. The fourth-order valence-corrected chi connectivity index (χ4v) is 2.39. The quantitative estimate of drug-likeness (QED) is 0.744. The Labute approximate surface area is 135 Å². The fourth-order valence-electron chi connectivity index (χ4n) is 2.39. The van der Waals surface area contributed by atoms with Crippen molar-refractivity contribution in [1.29, 1.82) is 0 Å². The van der Waals surface area contributed by atoms with Crippen molar-refractivity contribution in [2.24, 2.45) is 0 Å². The van der Waals surface area contributed by atoms with Gasteiger partial charge in [0, 0.05) is 25.6 Å². The van der Waals surface area contributed by atoms with Gasteiger partial charge in [0.05, 0.1) is 11.6 Å². The molecule has 0 aliphatic rings. The van der Waals surface area contributed by atoms with Crippen LogP contribution in [0.25, 0.3) is 5.82 Å². The molecule has 23 heavy (non-hydrogen) atoms. The van der Waals surface area contributed by atoms with E-state index in [1.807, 2.05) is 56.6 Å². The lowest BCUT2D eigenvalue weighted by Crippen LogP contribution is -2.29. The smallest absolute Gasteiger partial charge is 0.255 e. The Bertz CT molecular complexity index is 767. The number of rotatable bonds is 4. The minimum atomic E-state index is -0.0500. The second-order valence-corrected chi connectivity index (χ2v) is 5.38. The van der Waals surface area contributed by atoms with E-state index in [1.165, 1.54) is 0 Å². The summed E-state index contributed by atoms with van der Waals surface area (Å²) in [5.74, 6) is 0.684. The van der Waals surface area contributed by atoms with Crippen molar-refractivity contribution < 1.29 is 4.79 Å². The Morgan fingerprint density at radius 1 is 1.17 bits per heavy atom. The molecule has 3 rings (SSSR count). The van der Waals surface area contributed by atoms with Gasteiger partial charge in [0.2, 0.25) is 0 Å². The standard InChI is InChI=1S/C18H18N4O/c1-14(15-6-4-3-5-7-15)21(2)18(23)16-8-9-17(20-12-16)22-11-10-19-13-22/h3-14H,1-2H3. The number of carbonyl (C=O) groups is 1. The second-order valence-electron chi connectivity index (χ2n) is 5.38. The molecule has 1 unspecified atom stereocenters. The molecule has 2 heterocycles. The van der Waals surface area contributed by atoms with Gasteiger partial charge in [-0.1, -0.05) is 30.3 Å². The van der Waals surface area contributed by atoms with Gasteiger partial charge in [-0.3, -0.25) is 9.36 Å². The third-order valence-corrected chi connectivity index (χ3v) is 3.95. The molecule has 1 amide bonds. The Kier molecular flexibility index (Phi) is 4.19. The third-order valence-electron chi connectivity index (χ3n) is 3.95. The molecule has 0 N–H and O–H groups in total. The van der Waals surface area contributed by atoms with Crippen LogP contribution in [0.5, 0.6) is 0 Å². The summed E-state index contributed by atoms with van der Waals surface area (Å²) in [6.07, 6.45) is 6.78. The Balaban J connectivity index is 1.77. The predicted octanol–water partition coefficient (Wildman–Crippen LogP) is 3.10. The minimum absolute atomic E-state index is 0.00275. The first-order valence-electron chi connectivity index (χ1n) is 7.43. The summed E-state index contributed by atoms with van der Waals surface area (Å²) < 4.78 is 1.80. The first-order valence-corrected chi connectivity index (χ1v) is 7.43. The highest BCUT2D eigenvalue weighted by atomic mass is 16.2. The van der Waals surface area contributed by atoms with Gasteiger partial charge < -0.3 is 4.90 Å². The van der Waals surface area contributed by atoms with Gasteiger partial charge in [0.25, 0.3) is 5.91 Å². The van der Waals surface area contributed by atoms with E-state index in [-0.39, 0.29) is 11.9 Å². The topological polar surface area (TPSA) is 51.0 Å². The van der Waals surface area contributed by atoms with Crippen LogP contribution in [0, 0.1) is 0 Å². The number of nitrogens with zero attached hydrogens (tertiary/aromatic N) is 4. The van der Waals surface area contributed by atoms with Crippen molar-refractivity contribution >= 4 is 5.91 Å². The van der Waals surface area contributed by atoms with E-state index in [0.29, 0.717) is 5.56 Å². The maximum atomic E-state index is 12.6. The normalized spacial score (nSPS) is 11.9. The molecule has 0 fully saturated rings. The van der Waals surface area contributed by atoms with Crippen LogP contribution in [-0.4, -0.2) is 32.4 Å². The van der Waals surface area contributed by atoms with E-state index < -0.39 is 0 Å². The lowest BCUT2D eigenvalue weighted by Gasteiger charge is -2.25. The van der Waals surface area contributed by atoms with E-state index in [9.17, 15) is 4.79 Å². The summed E-state index contributed by atoms with van der Waals surface area (Å²) in [4.78, 5) is 22.7. The largest absolute Gasteiger partial charge is 0.335 e. The van der Waals surface area contributed by atoms with Gasteiger partial charge in [-0.15, -0.1) is 0 Å². The zero-order chi connectivity index (χ0) is 16.2. The Morgan fingerprint density at radius 2 is 1.96 bits per heavy atom. The van der Waals surface area contributed by atoms with Crippen LogP contribution in [0.3, 0.4) is 0 Å². The highest BCUT2D eigenvalue weighted by Gasteiger charge is 2.19. The van der Waals surface area contributed by atoms with Crippen molar-refractivity contribution in [3.63, 3.8) is 0 Å². The lowest BCUT2D eigenvalue weighted by molar-refractivity contribution is 0.0742. The van der Waals surface area contributed by atoms with Crippen LogP contribution in [0.4, 0.5) is 0 Å². The van der Waals surface area contributed by atoms with Crippen LogP contribution >= 0.6 is 0 Å². The molecule has 0 aliphatic heterocycles. The maximum Gasteiger partial charge on any atom is 0.255 e. The van der Waals surface area contributed by atoms with E-state index in [0.717, 1.165) is 11.4 Å². The second kappa shape index (κ2) is 6.44. The monoisotopic (exact) mass is 306 g/mol. The molecule has 2 aromatic heterocycles. The third kappa shape index (κ3) is 3.13. The van der Waals surface area contributed by atoms with E-state index in [4.69, 9.17) is 0 Å². The summed E-state index contributed by atoms with van der Waals surface area (Å²) in [6.45, 7) is 2.01. The van der Waals surface area contributed by atoms with Gasteiger partial charge >= 0.3 is 0 Å². The van der Waals surface area contributed by atoms with Crippen LogP contribution in [-0.2, 0) is 0 Å². The van der Waals surface area contributed by atoms with Crippen molar-refractivity contribution in [2.75, 3.05) is 7.05 Å². The number of amides is 1. The number of hydrogen-bond acceptors (Lipinski definition) is 3. The predicted molar refractivity (Wildman–Crippen MR) is 88.3 cm³/mol. The van der Waals surface area contributed by atoms with Gasteiger partial charge in [-0.2, -0.15) is 0 Å². The number of aromatic nitrogens is 3. The van der Waals surface area contributed by atoms with Gasteiger partial charge in [-0.05, 0) is 24.6 Å². The van der Waals surface area contributed by atoms with Crippen molar-refractivity contribution in [3.8, 4) is 5.82 Å². The molecule has 0 saturated heterocycles. The number of hydrogen-bond donors (Lipinski definition) is 0. The van der Waals surface area contributed by atoms with Crippen molar-refractivity contribution in [3.05, 3.63) is 78.5 Å². The zero-order valence-corrected chi connectivity index (χ0v) is 13.1. The van der Waals surface area contributed by atoms with Crippen LogP contribution < -0.4 is 0 Å². The number of imidazole rings is 1. The highest BCUT2D eigenvalue weighted by Crippen LogP contribution is 2.20. The molecule has 0 aliphatic carbocycles. The fraction of sp³-hybridized carbons (Fsp3) is 0.167. The number of pyridine rings is 1. The average molecular weight is 306 g/mol. The Morgan fingerprint density at radius 3 is 2.57 bits per heavy atom. The molecular formula is C18H18N4O. The first kappa shape index (κ1) is 15.0. The number of carbonyl (C=O) groups excluding carboxylic acids is 1. The van der Waals surface area contributed by atoms with E-state index in [2.05, 4.69) is 9.97 Å². The van der Waals surface area contributed by atoms with Gasteiger partial charge in [0.1, 0.15) is 12.1 Å². The highest BCUT2D eigenvalue weighted by molar-refractivity contribution is 5.94. The van der Waals surface area contributed by atoms with Gasteiger partial charge in [-0.25, -0.2) is 9.97 Å². The first-order chi connectivity index (χ1) is 11.2. The molecule has 0 saturated carbocycles. The zero-order valence-electron chi connectivity index (χ0n) is 13.1.